The van der Waals surface area contributed by atoms with Crippen LogP contribution in [-0.4, -0.2) is 20.9 Å². The normalized spacial score (nSPS) is 10.6. The Kier molecular flexibility index (Phi) is 3.66. The summed E-state index contributed by atoms with van der Waals surface area (Å²) in [4.78, 5) is 11.6. The summed E-state index contributed by atoms with van der Waals surface area (Å²) in [6.07, 6.45) is 3.60. The molecule has 0 saturated carbocycles. The summed E-state index contributed by atoms with van der Waals surface area (Å²) in [5.74, 6) is -1.38. The maximum absolute atomic E-state index is 13.4. The SMILES string of the molecule is Cn1cc(SCc2ccc(C(=O)O)c(F)c2)cn1. The van der Waals surface area contributed by atoms with Crippen molar-refractivity contribution in [3.63, 3.8) is 0 Å². The molecule has 0 aliphatic heterocycles. The lowest BCUT2D eigenvalue weighted by molar-refractivity contribution is 0.0692. The van der Waals surface area contributed by atoms with Gasteiger partial charge in [-0.2, -0.15) is 5.10 Å². The molecule has 1 heterocycles. The van der Waals surface area contributed by atoms with E-state index < -0.39 is 11.8 Å². The smallest absolute Gasteiger partial charge is 0.338 e. The highest BCUT2D eigenvalue weighted by molar-refractivity contribution is 7.98. The number of halogens is 1. The molecule has 94 valence electrons. The predicted molar refractivity (Wildman–Crippen MR) is 66.1 cm³/mol. The third-order valence-electron chi connectivity index (χ3n) is 2.35. The van der Waals surface area contributed by atoms with E-state index in [1.807, 2.05) is 13.2 Å². The Labute approximate surface area is 107 Å². The Bertz CT molecular complexity index is 583. The van der Waals surface area contributed by atoms with Crippen molar-refractivity contribution in [2.24, 2.45) is 7.05 Å². The minimum absolute atomic E-state index is 0.301. The molecule has 0 amide bonds. The van der Waals surface area contributed by atoms with Gasteiger partial charge in [-0.3, -0.25) is 4.68 Å². The molecule has 0 atom stereocenters. The van der Waals surface area contributed by atoms with Gasteiger partial charge in [0.25, 0.3) is 0 Å². The molecule has 0 spiro atoms. The molecule has 0 bridgehead atoms. The molecule has 4 nitrogen and oxygen atoms in total. The number of nitrogens with zero attached hydrogens (tertiary/aromatic N) is 2. The standard InChI is InChI=1S/C12H11FN2O2S/c1-15-6-9(5-14-15)18-7-8-2-3-10(12(16)17)11(13)4-8/h2-6H,7H2,1H3,(H,16,17). The summed E-state index contributed by atoms with van der Waals surface area (Å²) in [5, 5.41) is 12.7. The Morgan fingerprint density at radius 2 is 2.33 bits per heavy atom. The average Bonchev–Trinajstić information content (AvgIpc) is 2.72. The molecule has 0 saturated heterocycles. The number of carboxylic acids is 1. The highest BCUT2D eigenvalue weighted by Gasteiger charge is 2.10. The van der Waals surface area contributed by atoms with Crippen LogP contribution in [-0.2, 0) is 12.8 Å². The number of aromatic nitrogens is 2. The van der Waals surface area contributed by atoms with E-state index in [9.17, 15) is 9.18 Å². The van der Waals surface area contributed by atoms with Crippen LogP contribution in [0.5, 0.6) is 0 Å². The van der Waals surface area contributed by atoms with Gasteiger partial charge < -0.3 is 5.11 Å². The van der Waals surface area contributed by atoms with Crippen molar-refractivity contribution in [3.8, 4) is 0 Å². The third kappa shape index (κ3) is 2.89. The average molecular weight is 266 g/mol. The summed E-state index contributed by atoms with van der Waals surface area (Å²) < 4.78 is 15.1. The van der Waals surface area contributed by atoms with E-state index in [0.717, 1.165) is 10.5 Å². The van der Waals surface area contributed by atoms with Crippen LogP contribution in [0.1, 0.15) is 15.9 Å². The Balaban J connectivity index is 2.06. The zero-order valence-electron chi connectivity index (χ0n) is 9.63. The fourth-order valence-electron chi connectivity index (χ4n) is 1.46. The van der Waals surface area contributed by atoms with E-state index in [-0.39, 0.29) is 5.56 Å². The van der Waals surface area contributed by atoms with Crippen molar-refractivity contribution in [1.82, 2.24) is 9.78 Å². The number of aryl methyl sites for hydroxylation is 1. The first-order chi connectivity index (χ1) is 8.56. The first kappa shape index (κ1) is 12.6. The molecular formula is C12H11FN2O2S. The van der Waals surface area contributed by atoms with Gasteiger partial charge in [0.05, 0.1) is 11.8 Å². The largest absolute Gasteiger partial charge is 0.478 e. The number of carbonyl (C=O) groups is 1. The van der Waals surface area contributed by atoms with Gasteiger partial charge in [0, 0.05) is 23.9 Å². The van der Waals surface area contributed by atoms with Crippen LogP contribution in [0.2, 0.25) is 0 Å². The summed E-state index contributed by atoms with van der Waals surface area (Å²) >= 11 is 1.52. The maximum Gasteiger partial charge on any atom is 0.338 e. The van der Waals surface area contributed by atoms with Gasteiger partial charge in [-0.15, -0.1) is 11.8 Å². The van der Waals surface area contributed by atoms with Crippen molar-refractivity contribution in [2.45, 2.75) is 10.6 Å². The van der Waals surface area contributed by atoms with Crippen LogP contribution in [0.4, 0.5) is 4.39 Å². The summed E-state index contributed by atoms with van der Waals surface area (Å²) in [7, 11) is 1.82. The van der Waals surface area contributed by atoms with Gasteiger partial charge in [0.1, 0.15) is 5.82 Å². The predicted octanol–water partition coefficient (Wildman–Crippen LogP) is 2.55. The highest BCUT2D eigenvalue weighted by Crippen LogP contribution is 2.23. The second kappa shape index (κ2) is 5.22. The van der Waals surface area contributed by atoms with E-state index in [4.69, 9.17) is 5.11 Å². The number of hydrogen-bond acceptors (Lipinski definition) is 3. The fraction of sp³-hybridized carbons (Fsp3) is 0.167. The summed E-state index contributed by atoms with van der Waals surface area (Å²) in [6, 6.07) is 4.17. The lowest BCUT2D eigenvalue weighted by atomic mass is 10.1. The molecule has 2 rings (SSSR count). The van der Waals surface area contributed by atoms with Gasteiger partial charge in [0.2, 0.25) is 0 Å². The van der Waals surface area contributed by atoms with Crippen LogP contribution >= 0.6 is 11.8 Å². The Morgan fingerprint density at radius 3 is 2.89 bits per heavy atom. The van der Waals surface area contributed by atoms with Crippen LogP contribution in [0.3, 0.4) is 0 Å². The minimum Gasteiger partial charge on any atom is -0.478 e. The van der Waals surface area contributed by atoms with Crippen molar-refractivity contribution < 1.29 is 14.3 Å². The van der Waals surface area contributed by atoms with E-state index in [1.165, 1.54) is 23.9 Å². The van der Waals surface area contributed by atoms with Crippen molar-refractivity contribution in [2.75, 3.05) is 0 Å². The minimum atomic E-state index is -1.25. The Hall–Kier alpha value is -1.82. The van der Waals surface area contributed by atoms with Crippen molar-refractivity contribution >= 4 is 17.7 Å². The molecule has 0 aliphatic carbocycles. The molecule has 2 aromatic rings. The van der Waals surface area contributed by atoms with Gasteiger partial charge >= 0.3 is 5.97 Å². The molecule has 0 aliphatic rings. The number of hydrogen-bond donors (Lipinski definition) is 1. The van der Waals surface area contributed by atoms with Crippen molar-refractivity contribution in [3.05, 3.63) is 47.5 Å². The zero-order valence-corrected chi connectivity index (χ0v) is 10.4. The number of benzene rings is 1. The van der Waals surface area contributed by atoms with E-state index >= 15 is 0 Å². The van der Waals surface area contributed by atoms with Crippen LogP contribution in [0.15, 0.2) is 35.5 Å². The fourth-order valence-corrected chi connectivity index (χ4v) is 2.32. The number of carboxylic acid groups (broad SMARTS) is 1. The summed E-state index contributed by atoms with van der Waals surface area (Å²) in [5.41, 5.74) is 0.441. The number of rotatable bonds is 4. The Morgan fingerprint density at radius 1 is 1.56 bits per heavy atom. The van der Waals surface area contributed by atoms with Crippen molar-refractivity contribution in [1.29, 1.82) is 0 Å². The maximum atomic E-state index is 13.4. The molecule has 0 fully saturated rings. The monoisotopic (exact) mass is 266 g/mol. The first-order valence-corrected chi connectivity index (χ1v) is 6.18. The van der Waals surface area contributed by atoms with E-state index in [0.29, 0.717) is 5.75 Å². The second-order valence-electron chi connectivity index (χ2n) is 3.76. The van der Waals surface area contributed by atoms with Crippen LogP contribution < -0.4 is 0 Å². The molecule has 0 radical (unpaired) electrons. The molecule has 0 unspecified atom stereocenters. The first-order valence-electron chi connectivity index (χ1n) is 5.19. The highest BCUT2D eigenvalue weighted by atomic mass is 32.2. The molecule has 1 N–H and O–H groups in total. The van der Waals surface area contributed by atoms with Crippen LogP contribution in [0, 0.1) is 5.82 Å². The molecule has 1 aromatic carbocycles. The zero-order chi connectivity index (χ0) is 13.1. The van der Waals surface area contributed by atoms with Gasteiger partial charge in [-0.05, 0) is 17.7 Å². The van der Waals surface area contributed by atoms with Gasteiger partial charge in [-0.25, -0.2) is 9.18 Å². The quantitative estimate of drug-likeness (QED) is 0.864. The molecular weight excluding hydrogens is 255 g/mol. The molecule has 18 heavy (non-hydrogen) atoms. The molecule has 1 aromatic heterocycles. The number of thioether (sulfide) groups is 1. The third-order valence-corrected chi connectivity index (χ3v) is 3.37. The lowest BCUT2D eigenvalue weighted by Crippen LogP contribution is -2.00. The lowest BCUT2D eigenvalue weighted by Gasteiger charge is -2.02. The van der Waals surface area contributed by atoms with Gasteiger partial charge in [0.15, 0.2) is 0 Å². The molecule has 6 heteroatoms. The topological polar surface area (TPSA) is 55.1 Å². The van der Waals surface area contributed by atoms with E-state index in [2.05, 4.69) is 5.10 Å². The number of aromatic carboxylic acids is 1. The summed E-state index contributed by atoms with van der Waals surface area (Å²) in [6.45, 7) is 0. The van der Waals surface area contributed by atoms with Crippen LogP contribution in [0.25, 0.3) is 0 Å². The van der Waals surface area contributed by atoms with Gasteiger partial charge in [-0.1, -0.05) is 6.07 Å². The van der Waals surface area contributed by atoms with E-state index in [1.54, 1.807) is 16.9 Å². The second-order valence-corrected chi connectivity index (χ2v) is 4.81.